The molecule has 1 heterocycles. The molecule has 0 aliphatic heterocycles. The molecule has 10 heteroatoms. The van der Waals surface area contributed by atoms with Crippen LogP contribution in [0.15, 0.2) is 47.5 Å². The Morgan fingerprint density at radius 2 is 1.65 bits per heavy atom. The number of hydrogen-bond donors (Lipinski definition) is 1. The van der Waals surface area contributed by atoms with Crippen molar-refractivity contribution in [2.75, 3.05) is 32.4 Å². The summed E-state index contributed by atoms with van der Waals surface area (Å²) in [5, 5.41) is 11.3. The second-order valence-corrected chi connectivity index (χ2v) is 7.13. The minimum Gasteiger partial charge on any atom is -0.493 e. The summed E-state index contributed by atoms with van der Waals surface area (Å²) in [6.07, 6.45) is 0. The van der Waals surface area contributed by atoms with E-state index in [-0.39, 0.29) is 17.3 Å². The van der Waals surface area contributed by atoms with Crippen molar-refractivity contribution in [3.63, 3.8) is 0 Å². The van der Waals surface area contributed by atoms with Gasteiger partial charge in [0.2, 0.25) is 11.7 Å². The highest BCUT2D eigenvalue weighted by Crippen LogP contribution is 2.40. The number of hydrogen-bond acceptors (Lipinski definition) is 7. The number of benzene rings is 2. The Morgan fingerprint density at radius 3 is 2.19 bits per heavy atom. The number of ether oxygens (including phenoxy) is 3. The molecule has 0 unspecified atom stereocenters. The monoisotopic (exact) mass is 447 g/mol. The topological polar surface area (TPSA) is 82.6 Å². The van der Waals surface area contributed by atoms with E-state index in [9.17, 15) is 13.6 Å². The third kappa shape index (κ3) is 5.40. The van der Waals surface area contributed by atoms with Gasteiger partial charge < -0.3 is 19.5 Å². The van der Waals surface area contributed by atoms with Crippen LogP contribution >= 0.6 is 11.8 Å². The van der Waals surface area contributed by atoms with Gasteiger partial charge in [-0.25, -0.2) is 8.78 Å². The Labute approximate surface area is 181 Å². The van der Waals surface area contributed by atoms with Crippen molar-refractivity contribution in [3.8, 4) is 28.5 Å². The van der Waals surface area contributed by atoms with Crippen molar-refractivity contribution in [2.45, 2.75) is 5.03 Å². The maximum atomic E-state index is 13.2. The van der Waals surface area contributed by atoms with Crippen molar-refractivity contribution in [1.82, 2.24) is 10.2 Å². The lowest BCUT2D eigenvalue weighted by Gasteiger charge is -2.13. The third-order valence-electron chi connectivity index (χ3n) is 4.16. The Hall–Kier alpha value is -3.40. The minimum atomic E-state index is -1.03. The quantitative estimate of drug-likeness (QED) is 0.519. The smallest absolute Gasteiger partial charge is 0.234 e. The van der Waals surface area contributed by atoms with Crippen molar-refractivity contribution in [2.24, 2.45) is 0 Å². The van der Waals surface area contributed by atoms with Crippen LogP contribution in [0.4, 0.5) is 14.5 Å². The standard InChI is InChI=1S/C21H19F2N3O4S/c1-28-17-8-12(9-18(29-2)21(17)30-3)16-6-7-20(26-25-16)31-11-19(27)24-13-4-5-14(22)15(23)10-13/h4-10H,11H2,1-3H3,(H,24,27). The van der Waals surface area contributed by atoms with Gasteiger partial charge in [0.15, 0.2) is 23.1 Å². The third-order valence-corrected chi connectivity index (χ3v) is 5.08. The molecule has 1 N–H and O–H groups in total. The van der Waals surface area contributed by atoms with Crippen molar-refractivity contribution < 1.29 is 27.8 Å². The highest BCUT2D eigenvalue weighted by atomic mass is 32.2. The van der Waals surface area contributed by atoms with E-state index in [0.717, 1.165) is 29.5 Å². The number of carbonyl (C=O) groups is 1. The van der Waals surface area contributed by atoms with Crippen LogP contribution in [0.3, 0.4) is 0 Å². The van der Waals surface area contributed by atoms with Crippen LogP contribution < -0.4 is 19.5 Å². The van der Waals surface area contributed by atoms with Crippen LogP contribution in [0.2, 0.25) is 0 Å². The molecule has 0 aliphatic carbocycles. The number of nitrogens with one attached hydrogen (secondary N) is 1. The van der Waals surface area contributed by atoms with E-state index < -0.39 is 11.6 Å². The van der Waals surface area contributed by atoms with Crippen LogP contribution in [0.5, 0.6) is 17.2 Å². The molecule has 0 atom stereocenters. The first-order valence-electron chi connectivity index (χ1n) is 8.97. The van der Waals surface area contributed by atoms with Gasteiger partial charge in [-0.05, 0) is 36.4 Å². The van der Waals surface area contributed by atoms with E-state index in [4.69, 9.17) is 14.2 Å². The molecule has 0 spiro atoms. The van der Waals surface area contributed by atoms with Gasteiger partial charge in [-0.3, -0.25) is 4.79 Å². The van der Waals surface area contributed by atoms with E-state index in [2.05, 4.69) is 15.5 Å². The summed E-state index contributed by atoms with van der Waals surface area (Å²) < 4.78 is 42.2. The van der Waals surface area contributed by atoms with E-state index >= 15 is 0 Å². The lowest BCUT2D eigenvalue weighted by atomic mass is 10.1. The fraction of sp³-hybridized carbons (Fsp3) is 0.190. The van der Waals surface area contributed by atoms with Crippen LogP contribution in [-0.2, 0) is 4.79 Å². The van der Waals surface area contributed by atoms with E-state index in [1.54, 1.807) is 24.3 Å². The van der Waals surface area contributed by atoms with Gasteiger partial charge in [-0.2, -0.15) is 0 Å². The average molecular weight is 447 g/mol. The number of thioether (sulfide) groups is 1. The average Bonchev–Trinajstić information content (AvgIpc) is 2.79. The zero-order chi connectivity index (χ0) is 22.4. The first-order chi connectivity index (χ1) is 14.9. The molecule has 3 aromatic rings. The van der Waals surface area contributed by atoms with Gasteiger partial charge in [0, 0.05) is 17.3 Å². The van der Waals surface area contributed by atoms with Crippen LogP contribution in [0.1, 0.15) is 0 Å². The molecule has 0 aliphatic rings. The van der Waals surface area contributed by atoms with Gasteiger partial charge in [-0.15, -0.1) is 10.2 Å². The van der Waals surface area contributed by atoms with Gasteiger partial charge >= 0.3 is 0 Å². The van der Waals surface area contributed by atoms with Crippen LogP contribution in [-0.4, -0.2) is 43.2 Å². The summed E-state index contributed by atoms with van der Waals surface area (Å²) >= 11 is 1.16. The van der Waals surface area contributed by atoms with Crippen LogP contribution in [0, 0.1) is 11.6 Å². The first kappa shape index (κ1) is 22.3. The molecular formula is C21H19F2N3O4S. The molecule has 1 amide bonds. The lowest BCUT2D eigenvalue weighted by molar-refractivity contribution is -0.113. The first-order valence-corrected chi connectivity index (χ1v) is 9.95. The normalized spacial score (nSPS) is 10.5. The number of aromatic nitrogens is 2. The number of amides is 1. The summed E-state index contributed by atoms with van der Waals surface area (Å²) in [4.78, 5) is 12.0. The zero-order valence-corrected chi connectivity index (χ0v) is 17.8. The predicted molar refractivity (Wildman–Crippen MR) is 113 cm³/mol. The Morgan fingerprint density at radius 1 is 0.935 bits per heavy atom. The summed E-state index contributed by atoms with van der Waals surface area (Å²) in [6, 6.07) is 10.1. The molecule has 0 saturated carbocycles. The zero-order valence-electron chi connectivity index (χ0n) is 16.9. The molecular weight excluding hydrogens is 428 g/mol. The maximum absolute atomic E-state index is 13.2. The SMILES string of the molecule is COc1cc(-c2ccc(SCC(=O)Nc3ccc(F)c(F)c3)nn2)cc(OC)c1OC. The summed E-state index contributed by atoms with van der Waals surface area (Å²) in [7, 11) is 4.57. The number of rotatable bonds is 8. The molecule has 0 bridgehead atoms. The Balaban J connectivity index is 1.66. The second kappa shape index (κ2) is 10.1. The minimum absolute atomic E-state index is 0.0250. The number of carbonyl (C=O) groups excluding carboxylic acids is 1. The van der Waals surface area contributed by atoms with Gasteiger partial charge in [0.25, 0.3) is 0 Å². The molecule has 0 saturated heterocycles. The fourth-order valence-electron chi connectivity index (χ4n) is 2.69. The number of methoxy groups -OCH3 is 3. The summed E-state index contributed by atoms with van der Waals surface area (Å²) in [6.45, 7) is 0. The largest absolute Gasteiger partial charge is 0.493 e. The molecule has 0 fully saturated rings. The fourth-order valence-corrected chi connectivity index (χ4v) is 3.30. The maximum Gasteiger partial charge on any atom is 0.234 e. The summed E-state index contributed by atoms with van der Waals surface area (Å²) in [5.74, 6) is -0.907. The molecule has 7 nitrogen and oxygen atoms in total. The molecule has 0 radical (unpaired) electrons. The van der Waals surface area contributed by atoms with Gasteiger partial charge in [0.1, 0.15) is 5.03 Å². The number of nitrogens with zero attached hydrogens (tertiary/aromatic N) is 2. The highest BCUT2D eigenvalue weighted by molar-refractivity contribution is 7.99. The molecule has 1 aromatic heterocycles. The van der Waals surface area contributed by atoms with Crippen molar-refractivity contribution >= 4 is 23.4 Å². The summed E-state index contributed by atoms with van der Waals surface area (Å²) in [5.41, 5.74) is 1.47. The molecule has 3 rings (SSSR count). The van der Waals surface area contributed by atoms with E-state index in [1.807, 2.05) is 0 Å². The predicted octanol–water partition coefficient (Wildman–Crippen LogP) is 4.18. The highest BCUT2D eigenvalue weighted by Gasteiger charge is 2.15. The molecule has 31 heavy (non-hydrogen) atoms. The Kier molecular flexibility index (Phi) is 7.24. The van der Waals surface area contributed by atoms with Gasteiger partial charge in [-0.1, -0.05) is 11.8 Å². The van der Waals surface area contributed by atoms with Crippen molar-refractivity contribution in [3.05, 3.63) is 54.1 Å². The number of halogens is 2. The van der Waals surface area contributed by atoms with Crippen molar-refractivity contribution in [1.29, 1.82) is 0 Å². The molecule has 2 aromatic carbocycles. The van der Waals surface area contributed by atoms with E-state index in [1.165, 1.54) is 27.4 Å². The number of anilines is 1. The second-order valence-electron chi connectivity index (χ2n) is 6.14. The molecule has 162 valence electrons. The Bertz CT molecular complexity index is 1060. The van der Waals surface area contributed by atoms with E-state index in [0.29, 0.717) is 28.0 Å². The lowest BCUT2D eigenvalue weighted by Crippen LogP contribution is -2.14. The van der Waals surface area contributed by atoms with Crippen LogP contribution in [0.25, 0.3) is 11.3 Å². The van der Waals surface area contributed by atoms with Gasteiger partial charge in [0.05, 0.1) is 32.8 Å².